The van der Waals surface area contributed by atoms with E-state index in [1.54, 1.807) is 6.07 Å². The second-order valence-electron chi connectivity index (χ2n) is 15.9. The Morgan fingerprint density at radius 3 is 1.08 bits per heavy atom. The minimum Gasteiger partial charge on any atom is -0.307 e. The van der Waals surface area contributed by atoms with Crippen LogP contribution in [0.3, 0.4) is 0 Å². The molecule has 6 nitrogen and oxygen atoms in total. The van der Waals surface area contributed by atoms with E-state index in [-0.39, 0.29) is 0 Å². The van der Waals surface area contributed by atoms with Crippen LogP contribution in [-0.2, 0) is 0 Å². The lowest BCUT2D eigenvalue weighted by Crippen LogP contribution is -2.08. The fourth-order valence-corrected chi connectivity index (χ4v) is 10.3. The summed E-state index contributed by atoms with van der Waals surface area (Å²) in [5.74, 6) is 0. The first-order valence-corrected chi connectivity index (χ1v) is 20.7. The lowest BCUT2D eigenvalue weighted by Gasteiger charge is -2.20. The van der Waals surface area contributed by atoms with Gasteiger partial charge in [-0.15, -0.1) is 0 Å². The second kappa shape index (κ2) is 12.8. The fraction of sp³-hybridized carbons (Fsp3) is 0. The molecular weight excluding hydrogens is 757 g/mol. The highest BCUT2D eigenvalue weighted by atomic mass is 15.1. The van der Waals surface area contributed by atoms with Gasteiger partial charge in [0.1, 0.15) is 6.07 Å². The van der Waals surface area contributed by atoms with Gasteiger partial charge in [0.2, 0.25) is 0 Å². The first-order valence-electron chi connectivity index (χ1n) is 20.7. The van der Waals surface area contributed by atoms with E-state index in [9.17, 15) is 10.5 Å². The Kier molecular flexibility index (Phi) is 7.05. The van der Waals surface area contributed by atoms with Crippen LogP contribution in [0.1, 0.15) is 11.1 Å². The lowest BCUT2D eigenvalue weighted by atomic mass is 10.1. The molecule has 4 aromatic heterocycles. The Morgan fingerprint density at radius 2 is 0.661 bits per heavy atom. The Labute approximate surface area is 354 Å². The zero-order chi connectivity index (χ0) is 41.1. The summed E-state index contributed by atoms with van der Waals surface area (Å²) in [6.45, 7) is 0. The number of aromatic nitrogens is 4. The van der Waals surface area contributed by atoms with Gasteiger partial charge in [0.05, 0.1) is 72.7 Å². The van der Waals surface area contributed by atoms with Crippen molar-refractivity contribution in [2.75, 3.05) is 0 Å². The molecule has 0 radical (unpaired) electrons. The number of fused-ring (bicyclic) bond motifs is 14. The van der Waals surface area contributed by atoms with Gasteiger partial charge in [0.25, 0.3) is 0 Å². The second-order valence-corrected chi connectivity index (χ2v) is 15.9. The fourth-order valence-electron chi connectivity index (χ4n) is 10.3. The third-order valence-electron chi connectivity index (χ3n) is 12.8. The van der Waals surface area contributed by atoms with E-state index in [0.29, 0.717) is 16.8 Å². The molecule has 13 rings (SSSR count). The molecule has 0 amide bonds. The van der Waals surface area contributed by atoms with Crippen molar-refractivity contribution in [3.05, 3.63) is 205 Å². The minimum absolute atomic E-state index is 0.405. The van der Waals surface area contributed by atoms with Gasteiger partial charge >= 0.3 is 0 Å². The number of rotatable bonds is 4. The summed E-state index contributed by atoms with van der Waals surface area (Å²) in [6, 6.07) is 72.9. The molecule has 0 aliphatic heterocycles. The first kappa shape index (κ1) is 34.1. The highest BCUT2D eigenvalue weighted by Crippen LogP contribution is 2.46. The highest BCUT2D eigenvalue weighted by Gasteiger charge is 2.28. The molecule has 6 heteroatoms. The summed E-state index contributed by atoms with van der Waals surface area (Å²) in [5.41, 5.74) is 12.5. The number of nitriles is 2. The quantitative estimate of drug-likeness (QED) is 0.178. The lowest BCUT2D eigenvalue weighted by molar-refractivity contribution is 1.08. The van der Waals surface area contributed by atoms with E-state index in [1.165, 1.54) is 0 Å². The van der Waals surface area contributed by atoms with Gasteiger partial charge in [-0.2, -0.15) is 10.5 Å². The van der Waals surface area contributed by atoms with E-state index in [4.69, 9.17) is 0 Å². The summed E-state index contributed by atoms with van der Waals surface area (Å²) >= 11 is 0. The molecule has 0 saturated heterocycles. The summed E-state index contributed by atoms with van der Waals surface area (Å²) in [4.78, 5) is 0. The molecular formula is C56H32N6. The summed E-state index contributed by atoms with van der Waals surface area (Å²) in [5, 5.41) is 30.9. The standard InChI is InChI=1S/C56H32N6/c57-33-35-31-36(34-58)52(62-50-26-14-10-22-42(50)46-30-28-44-40-20-8-12-24-48(40)60(54(44)56(46)62)38-17-5-2-6-18-38)51(32-35)61-49-25-13-9-21-41(49)45-29-27-43-39-19-7-11-23-47(39)59(53(43)55(45)61)37-15-3-1-4-16-37/h1-32H. The van der Waals surface area contributed by atoms with E-state index >= 15 is 0 Å². The molecule has 4 heterocycles. The van der Waals surface area contributed by atoms with Crippen molar-refractivity contribution in [2.24, 2.45) is 0 Å². The summed E-state index contributed by atoms with van der Waals surface area (Å²) < 4.78 is 9.34. The van der Waals surface area contributed by atoms with Crippen LogP contribution >= 0.6 is 0 Å². The molecule has 0 fully saturated rings. The van der Waals surface area contributed by atoms with Crippen molar-refractivity contribution in [1.29, 1.82) is 10.5 Å². The number of nitrogens with zero attached hydrogens (tertiary/aromatic N) is 6. The van der Waals surface area contributed by atoms with Crippen LogP contribution in [0.25, 0.3) is 110 Å². The van der Waals surface area contributed by atoms with Crippen molar-refractivity contribution < 1.29 is 0 Å². The van der Waals surface area contributed by atoms with Crippen LogP contribution in [0.15, 0.2) is 194 Å². The molecule has 0 spiro atoms. The van der Waals surface area contributed by atoms with Gasteiger partial charge in [-0.05, 0) is 60.7 Å². The smallest absolute Gasteiger partial charge is 0.101 e. The third kappa shape index (κ3) is 4.50. The monoisotopic (exact) mass is 788 g/mol. The Hall–Kier alpha value is -8.84. The molecule has 9 aromatic carbocycles. The van der Waals surface area contributed by atoms with Crippen LogP contribution in [0, 0.1) is 22.7 Å². The number of benzene rings is 9. The zero-order valence-corrected chi connectivity index (χ0v) is 33.2. The number of hydrogen-bond acceptors (Lipinski definition) is 2. The number of hydrogen-bond donors (Lipinski definition) is 0. The average molecular weight is 789 g/mol. The maximum Gasteiger partial charge on any atom is 0.101 e. The van der Waals surface area contributed by atoms with Gasteiger partial charge < -0.3 is 18.3 Å². The maximum atomic E-state index is 11.4. The van der Waals surface area contributed by atoms with Gasteiger partial charge in [0.15, 0.2) is 0 Å². The van der Waals surface area contributed by atoms with Crippen molar-refractivity contribution in [2.45, 2.75) is 0 Å². The van der Waals surface area contributed by atoms with Crippen molar-refractivity contribution >= 4 is 87.2 Å². The SMILES string of the molecule is N#Cc1cc(C#N)c(-n2c3ccccc3c3ccc4c5ccccc5n(-c5ccccc5)c4c32)c(-n2c3ccccc3c3ccc4c5ccccc5n(-c5ccccc5)c4c32)c1. The van der Waals surface area contributed by atoms with E-state index < -0.39 is 0 Å². The molecule has 0 aliphatic rings. The van der Waals surface area contributed by atoms with Crippen LogP contribution in [0.4, 0.5) is 0 Å². The maximum absolute atomic E-state index is 11.4. The summed E-state index contributed by atoms with van der Waals surface area (Å²) in [6.07, 6.45) is 0. The molecule has 0 aliphatic carbocycles. The molecule has 0 atom stereocenters. The minimum atomic E-state index is 0.405. The average Bonchev–Trinajstić information content (AvgIpc) is 4.07. The topological polar surface area (TPSA) is 67.3 Å². The summed E-state index contributed by atoms with van der Waals surface area (Å²) in [7, 11) is 0. The Bertz CT molecular complexity index is 4110. The van der Waals surface area contributed by atoms with Crippen LogP contribution < -0.4 is 0 Å². The first-order chi connectivity index (χ1) is 30.7. The molecule has 0 N–H and O–H groups in total. The van der Waals surface area contributed by atoms with E-state index in [2.05, 4.69) is 200 Å². The largest absolute Gasteiger partial charge is 0.307 e. The highest BCUT2D eigenvalue weighted by molar-refractivity contribution is 6.26. The van der Waals surface area contributed by atoms with Crippen LogP contribution in [0.2, 0.25) is 0 Å². The molecule has 286 valence electrons. The Balaban J connectivity index is 1.29. The van der Waals surface area contributed by atoms with Crippen molar-refractivity contribution in [3.63, 3.8) is 0 Å². The normalized spacial score (nSPS) is 11.8. The van der Waals surface area contributed by atoms with Gasteiger partial charge in [-0.3, -0.25) is 0 Å². The van der Waals surface area contributed by atoms with Gasteiger partial charge in [-0.25, -0.2) is 0 Å². The molecule has 62 heavy (non-hydrogen) atoms. The molecule has 0 unspecified atom stereocenters. The predicted molar refractivity (Wildman–Crippen MR) is 253 cm³/mol. The van der Waals surface area contributed by atoms with Crippen LogP contribution in [-0.4, -0.2) is 18.3 Å². The van der Waals surface area contributed by atoms with Crippen molar-refractivity contribution in [1.82, 2.24) is 18.3 Å². The van der Waals surface area contributed by atoms with E-state index in [0.717, 1.165) is 104 Å². The van der Waals surface area contributed by atoms with E-state index in [1.807, 2.05) is 18.2 Å². The number of para-hydroxylation sites is 6. The van der Waals surface area contributed by atoms with Crippen LogP contribution in [0.5, 0.6) is 0 Å². The predicted octanol–water partition coefficient (Wildman–Crippen LogP) is 13.8. The molecule has 0 saturated carbocycles. The van der Waals surface area contributed by atoms with Crippen molar-refractivity contribution in [3.8, 4) is 34.9 Å². The molecule has 0 bridgehead atoms. The Morgan fingerprint density at radius 1 is 0.306 bits per heavy atom. The third-order valence-corrected chi connectivity index (χ3v) is 12.8. The van der Waals surface area contributed by atoms with Gasteiger partial charge in [0, 0.05) is 54.5 Å². The van der Waals surface area contributed by atoms with Gasteiger partial charge in [-0.1, -0.05) is 133 Å². The molecule has 13 aromatic rings. The zero-order valence-electron chi connectivity index (χ0n) is 33.2.